The van der Waals surface area contributed by atoms with Gasteiger partial charge in [-0.25, -0.2) is 4.98 Å². The highest BCUT2D eigenvalue weighted by atomic mass is 32.1. The molecule has 3 heteroatoms. The summed E-state index contributed by atoms with van der Waals surface area (Å²) in [7, 11) is 0. The Morgan fingerprint density at radius 1 is 0.950 bits per heavy atom. The van der Waals surface area contributed by atoms with Crippen molar-refractivity contribution in [3.05, 3.63) is 60.1 Å². The van der Waals surface area contributed by atoms with Crippen LogP contribution in [0.5, 0.6) is 5.75 Å². The van der Waals surface area contributed by atoms with Crippen LogP contribution >= 0.6 is 11.3 Å². The first-order chi connectivity index (χ1) is 9.88. The summed E-state index contributed by atoms with van der Waals surface area (Å²) in [5.74, 6) is 0.896. The molecule has 3 aromatic rings. The Morgan fingerprint density at radius 2 is 1.70 bits per heavy atom. The Hall–Kier alpha value is -2.13. The average Bonchev–Trinajstić information content (AvgIpc) is 2.99. The van der Waals surface area contributed by atoms with Crippen molar-refractivity contribution in [1.29, 1.82) is 0 Å². The van der Waals surface area contributed by atoms with E-state index in [0.717, 1.165) is 17.0 Å². The number of nitrogens with zero attached hydrogens (tertiary/aromatic N) is 1. The van der Waals surface area contributed by atoms with Crippen LogP contribution in [0.25, 0.3) is 21.7 Å². The highest BCUT2D eigenvalue weighted by Gasteiger charge is 2.10. The monoisotopic (exact) mass is 281 g/mol. The van der Waals surface area contributed by atoms with Gasteiger partial charge in [0.1, 0.15) is 5.75 Å². The van der Waals surface area contributed by atoms with E-state index in [-0.39, 0.29) is 0 Å². The van der Waals surface area contributed by atoms with E-state index in [1.807, 2.05) is 30.6 Å². The van der Waals surface area contributed by atoms with Crippen molar-refractivity contribution in [2.45, 2.75) is 6.92 Å². The third kappa shape index (κ3) is 2.58. The van der Waals surface area contributed by atoms with Crippen LogP contribution in [-0.2, 0) is 0 Å². The zero-order valence-corrected chi connectivity index (χ0v) is 12.1. The molecular weight excluding hydrogens is 266 g/mol. The van der Waals surface area contributed by atoms with Gasteiger partial charge in [0, 0.05) is 5.56 Å². The first kappa shape index (κ1) is 12.9. The molecule has 20 heavy (non-hydrogen) atoms. The Bertz CT molecular complexity index is 674. The molecule has 0 aliphatic carbocycles. The van der Waals surface area contributed by atoms with Crippen LogP contribution in [0.2, 0.25) is 0 Å². The van der Waals surface area contributed by atoms with Crippen molar-refractivity contribution >= 4 is 11.3 Å². The largest absolute Gasteiger partial charge is 0.494 e. The zero-order chi connectivity index (χ0) is 13.8. The summed E-state index contributed by atoms with van der Waals surface area (Å²) in [6.45, 7) is 2.67. The highest BCUT2D eigenvalue weighted by molar-refractivity contribution is 7.13. The fourth-order valence-electron chi connectivity index (χ4n) is 2.12. The smallest absolute Gasteiger partial charge is 0.119 e. The number of hydrogen-bond acceptors (Lipinski definition) is 3. The molecule has 0 N–H and O–H groups in total. The van der Waals surface area contributed by atoms with Gasteiger partial charge in [0.2, 0.25) is 0 Å². The number of hydrogen-bond donors (Lipinski definition) is 0. The Labute approximate surface area is 122 Å². The normalized spacial score (nSPS) is 10.4. The van der Waals surface area contributed by atoms with Crippen molar-refractivity contribution in [2.75, 3.05) is 6.61 Å². The van der Waals surface area contributed by atoms with E-state index in [2.05, 4.69) is 41.4 Å². The van der Waals surface area contributed by atoms with Gasteiger partial charge in [-0.15, -0.1) is 11.3 Å². The third-order valence-corrected chi connectivity index (χ3v) is 3.92. The summed E-state index contributed by atoms with van der Waals surface area (Å²) in [4.78, 5) is 5.72. The second kappa shape index (κ2) is 5.88. The van der Waals surface area contributed by atoms with Gasteiger partial charge in [-0.2, -0.15) is 0 Å². The molecule has 100 valence electrons. The number of thiazole rings is 1. The quantitative estimate of drug-likeness (QED) is 0.680. The van der Waals surface area contributed by atoms with Gasteiger partial charge in [0.15, 0.2) is 0 Å². The number of aromatic nitrogens is 1. The van der Waals surface area contributed by atoms with Crippen LogP contribution in [-0.4, -0.2) is 11.6 Å². The molecule has 0 unspecified atom stereocenters. The molecular formula is C17H15NOS. The van der Waals surface area contributed by atoms with E-state index in [1.54, 1.807) is 11.3 Å². The predicted octanol–water partition coefficient (Wildman–Crippen LogP) is 4.88. The molecule has 0 radical (unpaired) electrons. The summed E-state index contributed by atoms with van der Waals surface area (Å²) in [6.07, 6.45) is 0. The fraction of sp³-hybridized carbons (Fsp3) is 0.118. The second-order valence-corrected chi connectivity index (χ2v) is 5.21. The molecule has 0 spiro atoms. The van der Waals surface area contributed by atoms with Crippen LogP contribution in [0.4, 0.5) is 0 Å². The number of ether oxygens (including phenoxy) is 1. The van der Waals surface area contributed by atoms with Gasteiger partial charge in [0.05, 0.1) is 22.7 Å². The molecule has 0 fully saturated rings. The highest BCUT2D eigenvalue weighted by Crippen LogP contribution is 2.34. The van der Waals surface area contributed by atoms with E-state index < -0.39 is 0 Å². The lowest BCUT2D eigenvalue weighted by Crippen LogP contribution is -1.90. The van der Waals surface area contributed by atoms with E-state index in [1.165, 1.54) is 10.4 Å². The van der Waals surface area contributed by atoms with Gasteiger partial charge >= 0.3 is 0 Å². The summed E-state index contributed by atoms with van der Waals surface area (Å²) >= 11 is 1.67. The summed E-state index contributed by atoms with van der Waals surface area (Å²) in [6, 6.07) is 18.5. The maximum absolute atomic E-state index is 5.48. The van der Waals surface area contributed by atoms with Gasteiger partial charge in [0.25, 0.3) is 0 Å². The minimum atomic E-state index is 0.686. The lowest BCUT2D eigenvalue weighted by atomic mass is 10.1. The lowest BCUT2D eigenvalue weighted by Gasteiger charge is -2.05. The first-order valence-electron chi connectivity index (χ1n) is 6.60. The minimum Gasteiger partial charge on any atom is -0.494 e. The van der Waals surface area contributed by atoms with E-state index >= 15 is 0 Å². The summed E-state index contributed by atoms with van der Waals surface area (Å²) in [5, 5.41) is 0. The van der Waals surface area contributed by atoms with Crippen LogP contribution in [0.3, 0.4) is 0 Å². The average molecular weight is 281 g/mol. The Kier molecular flexibility index (Phi) is 3.79. The molecule has 0 amide bonds. The van der Waals surface area contributed by atoms with Crippen molar-refractivity contribution in [3.8, 4) is 27.4 Å². The number of benzene rings is 2. The molecule has 0 aliphatic rings. The molecule has 1 aromatic heterocycles. The molecule has 3 rings (SSSR count). The van der Waals surface area contributed by atoms with E-state index in [4.69, 9.17) is 4.74 Å². The molecule has 0 saturated heterocycles. The molecule has 0 atom stereocenters. The Balaban J connectivity index is 1.97. The van der Waals surface area contributed by atoms with Crippen LogP contribution in [0.15, 0.2) is 60.1 Å². The molecule has 0 aliphatic heterocycles. The molecule has 2 nitrogen and oxygen atoms in total. The van der Waals surface area contributed by atoms with Crippen molar-refractivity contribution < 1.29 is 4.74 Å². The Morgan fingerprint density at radius 3 is 2.40 bits per heavy atom. The maximum atomic E-state index is 5.48. The zero-order valence-electron chi connectivity index (χ0n) is 11.2. The minimum absolute atomic E-state index is 0.686. The van der Waals surface area contributed by atoms with E-state index in [9.17, 15) is 0 Å². The third-order valence-electron chi connectivity index (χ3n) is 3.04. The molecule has 0 saturated carbocycles. The fourth-order valence-corrected chi connectivity index (χ4v) is 2.94. The van der Waals surface area contributed by atoms with Gasteiger partial charge in [-0.3, -0.25) is 0 Å². The van der Waals surface area contributed by atoms with E-state index in [0.29, 0.717) is 6.61 Å². The summed E-state index contributed by atoms with van der Waals surface area (Å²) < 4.78 is 5.48. The molecule has 2 aromatic carbocycles. The topological polar surface area (TPSA) is 22.1 Å². The van der Waals surface area contributed by atoms with Crippen molar-refractivity contribution in [3.63, 3.8) is 0 Å². The van der Waals surface area contributed by atoms with Crippen LogP contribution in [0, 0.1) is 0 Å². The molecule has 1 heterocycles. The van der Waals surface area contributed by atoms with Crippen molar-refractivity contribution in [2.24, 2.45) is 0 Å². The predicted molar refractivity (Wildman–Crippen MR) is 84.2 cm³/mol. The van der Waals surface area contributed by atoms with Gasteiger partial charge < -0.3 is 4.74 Å². The summed E-state index contributed by atoms with van der Waals surface area (Å²) in [5.41, 5.74) is 5.25. The first-order valence-corrected chi connectivity index (χ1v) is 7.48. The lowest BCUT2D eigenvalue weighted by molar-refractivity contribution is 0.340. The van der Waals surface area contributed by atoms with Gasteiger partial charge in [-0.05, 0) is 36.8 Å². The maximum Gasteiger partial charge on any atom is 0.119 e. The number of rotatable bonds is 4. The van der Waals surface area contributed by atoms with Crippen molar-refractivity contribution in [1.82, 2.24) is 4.98 Å². The SMILES string of the molecule is CCOc1ccc(-c2ncsc2-c2ccccc2)cc1. The standard InChI is InChI=1S/C17H15NOS/c1-2-19-15-10-8-13(9-11-15)16-17(20-12-18-16)14-6-4-3-5-7-14/h3-12H,2H2,1H3. The van der Waals surface area contributed by atoms with Gasteiger partial charge in [-0.1, -0.05) is 30.3 Å². The van der Waals surface area contributed by atoms with Crippen LogP contribution in [0.1, 0.15) is 6.92 Å². The second-order valence-electron chi connectivity index (χ2n) is 4.35. The van der Waals surface area contributed by atoms with Crippen LogP contribution < -0.4 is 4.74 Å². The molecule has 0 bridgehead atoms.